The van der Waals surface area contributed by atoms with E-state index in [1.807, 2.05) is 75.4 Å². The van der Waals surface area contributed by atoms with Gasteiger partial charge >= 0.3 is 0 Å². The average molecular weight is 662 g/mol. The van der Waals surface area contributed by atoms with E-state index in [4.69, 9.17) is 16.3 Å². The fourth-order valence-corrected chi connectivity index (χ4v) is 6.73. The Hall–Kier alpha value is -4.34. The van der Waals surface area contributed by atoms with Gasteiger partial charge in [-0.3, -0.25) is 13.9 Å². The molecule has 46 heavy (non-hydrogen) atoms. The number of hydrogen-bond acceptors (Lipinski definition) is 5. The van der Waals surface area contributed by atoms with Crippen LogP contribution in [0.4, 0.5) is 5.69 Å². The van der Waals surface area contributed by atoms with Crippen molar-refractivity contribution in [2.24, 2.45) is 0 Å². The van der Waals surface area contributed by atoms with Crippen LogP contribution in [0.5, 0.6) is 5.75 Å². The third-order valence-corrected chi connectivity index (χ3v) is 9.82. The van der Waals surface area contributed by atoms with E-state index in [2.05, 4.69) is 5.32 Å². The molecule has 0 aliphatic heterocycles. The molecule has 4 aromatic carbocycles. The largest absolute Gasteiger partial charge is 0.495 e. The van der Waals surface area contributed by atoms with E-state index in [0.29, 0.717) is 12.3 Å². The van der Waals surface area contributed by atoms with Gasteiger partial charge in [-0.15, -0.1) is 0 Å². The summed E-state index contributed by atoms with van der Waals surface area (Å²) in [6.07, 6.45) is 0.962. The van der Waals surface area contributed by atoms with E-state index in [0.717, 1.165) is 33.0 Å². The minimum atomic E-state index is -4.25. The van der Waals surface area contributed by atoms with Crippen LogP contribution < -0.4 is 14.4 Å². The zero-order chi connectivity index (χ0) is 33.3. The van der Waals surface area contributed by atoms with Crippen LogP contribution >= 0.6 is 11.6 Å². The van der Waals surface area contributed by atoms with Crippen LogP contribution in [-0.4, -0.2) is 51.4 Å². The molecule has 0 bridgehead atoms. The molecule has 0 fully saturated rings. The normalized spacial score (nSPS) is 11.8. The highest BCUT2D eigenvalue weighted by atomic mass is 35.5. The number of carbonyl (C=O) groups excluding carboxylic acids is 2. The Morgan fingerprint density at radius 1 is 0.913 bits per heavy atom. The maximum atomic E-state index is 14.6. The molecule has 0 radical (unpaired) electrons. The number of amides is 2. The Labute approximate surface area is 277 Å². The van der Waals surface area contributed by atoms with Crippen molar-refractivity contribution in [2.75, 3.05) is 24.5 Å². The molecular formula is C36H40ClN3O5S. The second kappa shape index (κ2) is 15.8. The third kappa shape index (κ3) is 8.47. The molecule has 0 aliphatic rings. The lowest BCUT2D eigenvalue weighted by molar-refractivity contribution is -0.140. The molecule has 4 rings (SSSR count). The van der Waals surface area contributed by atoms with Gasteiger partial charge in [-0.05, 0) is 67.3 Å². The Kier molecular flexibility index (Phi) is 11.8. The smallest absolute Gasteiger partial charge is 0.264 e. The highest BCUT2D eigenvalue weighted by Gasteiger charge is 2.35. The Morgan fingerprint density at radius 2 is 1.59 bits per heavy atom. The van der Waals surface area contributed by atoms with Gasteiger partial charge in [0.1, 0.15) is 18.3 Å². The molecule has 0 saturated carbocycles. The topological polar surface area (TPSA) is 96.0 Å². The first kappa shape index (κ1) is 34.5. The summed E-state index contributed by atoms with van der Waals surface area (Å²) in [5, 5.41) is 3.15. The maximum Gasteiger partial charge on any atom is 0.264 e. The monoisotopic (exact) mass is 661 g/mol. The van der Waals surface area contributed by atoms with E-state index in [1.54, 1.807) is 24.3 Å². The predicted molar refractivity (Wildman–Crippen MR) is 183 cm³/mol. The molecular weight excluding hydrogens is 622 g/mol. The van der Waals surface area contributed by atoms with Crippen molar-refractivity contribution >= 4 is 39.1 Å². The summed E-state index contributed by atoms with van der Waals surface area (Å²) in [6, 6.07) is 27.2. The van der Waals surface area contributed by atoms with Gasteiger partial charge in [-0.1, -0.05) is 90.8 Å². The van der Waals surface area contributed by atoms with E-state index >= 15 is 0 Å². The van der Waals surface area contributed by atoms with Crippen molar-refractivity contribution in [3.8, 4) is 5.75 Å². The number of anilines is 1. The number of halogens is 1. The number of ether oxygens (including phenoxy) is 1. The van der Waals surface area contributed by atoms with Gasteiger partial charge in [0.25, 0.3) is 10.0 Å². The molecule has 1 N–H and O–H groups in total. The summed E-state index contributed by atoms with van der Waals surface area (Å²) in [5.41, 5.74) is 3.73. The van der Waals surface area contributed by atoms with Gasteiger partial charge < -0.3 is 15.0 Å². The van der Waals surface area contributed by atoms with Crippen molar-refractivity contribution in [1.29, 1.82) is 0 Å². The van der Waals surface area contributed by atoms with Crippen molar-refractivity contribution < 1.29 is 22.7 Å². The van der Waals surface area contributed by atoms with E-state index in [9.17, 15) is 18.0 Å². The molecule has 0 aliphatic carbocycles. The number of benzene rings is 4. The van der Waals surface area contributed by atoms with Crippen LogP contribution in [-0.2, 0) is 32.6 Å². The number of rotatable bonds is 14. The quantitative estimate of drug-likeness (QED) is 0.171. The second-order valence-electron chi connectivity index (χ2n) is 11.1. The van der Waals surface area contributed by atoms with Gasteiger partial charge in [0.15, 0.2) is 0 Å². The average Bonchev–Trinajstić information content (AvgIpc) is 3.05. The van der Waals surface area contributed by atoms with Crippen LogP contribution in [0.15, 0.2) is 102 Å². The van der Waals surface area contributed by atoms with Gasteiger partial charge in [0, 0.05) is 19.5 Å². The van der Waals surface area contributed by atoms with E-state index in [-0.39, 0.29) is 34.5 Å². The highest BCUT2D eigenvalue weighted by Crippen LogP contribution is 2.32. The molecule has 0 heterocycles. The number of nitrogens with one attached hydrogen (secondary N) is 1. The van der Waals surface area contributed by atoms with Crippen molar-refractivity contribution in [3.63, 3.8) is 0 Å². The fraction of sp³-hybridized carbons (Fsp3) is 0.278. The summed E-state index contributed by atoms with van der Waals surface area (Å²) >= 11 is 6.45. The van der Waals surface area contributed by atoms with Gasteiger partial charge in [0.2, 0.25) is 11.8 Å². The molecule has 8 nitrogen and oxygen atoms in total. The number of methoxy groups -OCH3 is 1. The number of aryl methyl sites for hydroxylation is 2. The Morgan fingerprint density at radius 3 is 2.22 bits per heavy atom. The van der Waals surface area contributed by atoms with Crippen LogP contribution in [0.25, 0.3) is 0 Å². The highest BCUT2D eigenvalue weighted by molar-refractivity contribution is 7.92. The van der Waals surface area contributed by atoms with E-state index in [1.165, 1.54) is 30.2 Å². The molecule has 2 amide bonds. The first-order chi connectivity index (χ1) is 22.0. The molecule has 1 atom stereocenters. The molecule has 0 saturated heterocycles. The first-order valence-corrected chi connectivity index (χ1v) is 17.0. The third-order valence-electron chi connectivity index (χ3n) is 7.73. The second-order valence-corrected chi connectivity index (χ2v) is 13.4. The van der Waals surface area contributed by atoms with Crippen molar-refractivity contribution in [1.82, 2.24) is 10.2 Å². The predicted octanol–water partition coefficient (Wildman–Crippen LogP) is 6.33. The minimum Gasteiger partial charge on any atom is -0.495 e. The lowest BCUT2D eigenvalue weighted by Gasteiger charge is -2.34. The molecule has 10 heteroatoms. The van der Waals surface area contributed by atoms with Gasteiger partial charge in [0.05, 0.1) is 22.7 Å². The van der Waals surface area contributed by atoms with Crippen LogP contribution in [0.1, 0.15) is 35.6 Å². The zero-order valence-corrected chi connectivity index (χ0v) is 28.1. The number of hydrogen-bond donors (Lipinski definition) is 1. The maximum absolute atomic E-state index is 14.6. The summed E-state index contributed by atoms with van der Waals surface area (Å²) in [4.78, 5) is 29.9. The van der Waals surface area contributed by atoms with Crippen LogP contribution in [0.3, 0.4) is 0 Å². The molecule has 0 spiro atoms. The van der Waals surface area contributed by atoms with Gasteiger partial charge in [-0.25, -0.2) is 8.42 Å². The van der Waals surface area contributed by atoms with Crippen LogP contribution in [0.2, 0.25) is 5.02 Å². The number of carbonyl (C=O) groups is 2. The minimum absolute atomic E-state index is 0.0184. The number of sulfonamides is 1. The summed E-state index contributed by atoms with van der Waals surface area (Å²) < 4.78 is 34.8. The zero-order valence-electron chi connectivity index (χ0n) is 26.6. The Bertz CT molecular complexity index is 1750. The molecule has 0 aromatic heterocycles. The fourth-order valence-electron chi connectivity index (χ4n) is 5.07. The Balaban J connectivity index is 1.83. The first-order valence-electron chi connectivity index (χ1n) is 15.1. The van der Waals surface area contributed by atoms with Crippen LogP contribution in [0, 0.1) is 13.8 Å². The summed E-state index contributed by atoms with van der Waals surface area (Å²) in [7, 11) is -2.79. The van der Waals surface area contributed by atoms with Crippen molar-refractivity contribution in [2.45, 2.75) is 51.1 Å². The number of nitrogens with zero attached hydrogens (tertiary/aromatic N) is 2. The molecule has 242 valence electrons. The SMILES string of the molecule is CCCNC(=O)[C@@H](Cc1ccccc1)N(Cc1ccccc1C)C(=O)CN(c1ccc(OC)c(Cl)c1)S(=O)(=O)c1ccc(C)cc1. The summed E-state index contributed by atoms with van der Waals surface area (Å²) in [6.45, 7) is 5.72. The molecule has 0 unspecified atom stereocenters. The summed E-state index contributed by atoms with van der Waals surface area (Å²) in [5.74, 6) is -0.493. The molecule has 4 aromatic rings. The lowest BCUT2D eigenvalue weighted by Crippen LogP contribution is -2.53. The van der Waals surface area contributed by atoms with E-state index < -0.39 is 28.5 Å². The lowest BCUT2D eigenvalue weighted by atomic mass is 10.0. The van der Waals surface area contributed by atoms with Crippen molar-refractivity contribution in [3.05, 3.63) is 124 Å². The van der Waals surface area contributed by atoms with Gasteiger partial charge in [-0.2, -0.15) is 0 Å². The standard InChI is InChI=1S/C36H40ClN3O5S/c1-5-21-38-36(42)33(22-28-12-7-6-8-13-28)39(24-29-14-10-9-11-27(29)3)35(41)25-40(30-17-20-34(45-4)32(37)23-30)46(43,44)31-18-15-26(2)16-19-31/h6-20,23,33H,5,21-22,24-25H2,1-4H3,(H,38,42)/t33-/m1/s1.